The van der Waals surface area contributed by atoms with Gasteiger partial charge in [0.2, 0.25) is 11.8 Å². The van der Waals surface area contributed by atoms with Crippen LogP contribution in [-0.2, 0) is 14.3 Å². The van der Waals surface area contributed by atoms with Crippen molar-refractivity contribution in [1.29, 1.82) is 0 Å². The van der Waals surface area contributed by atoms with Gasteiger partial charge in [0.05, 0.1) is 56.7 Å². The highest BCUT2D eigenvalue weighted by molar-refractivity contribution is 6.78. The van der Waals surface area contributed by atoms with Crippen LogP contribution in [0.2, 0.25) is 19.1 Å². The highest BCUT2D eigenvalue weighted by Crippen LogP contribution is 2.42. The van der Waals surface area contributed by atoms with E-state index in [0.717, 1.165) is 51.9 Å². The number of hydrogen-bond donors (Lipinski definition) is 5. The monoisotopic (exact) mass is 846 g/mol. The van der Waals surface area contributed by atoms with E-state index in [4.69, 9.17) is 4.98 Å². The molecule has 4 heterocycles. The van der Waals surface area contributed by atoms with Crippen molar-refractivity contribution in [3.8, 4) is 22.4 Å². The number of H-pyrrole nitrogens is 2. The van der Waals surface area contributed by atoms with Gasteiger partial charge >= 0.3 is 6.09 Å². The van der Waals surface area contributed by atoms with Crippen molar-refractivity contribution in [1.82, 2.24) is 40.4 Å². The molecule has 4 atom stereocenters. The van der Waals surface area contributed by atoms with Crippen LogP contribution in [0.25, 0.3) is 44.2 Å². The Labute approximate surface area is 347 Å². The minimum Gasteiger partial charge on any atom is -0.453 e. The lowest BCUT2D eigenvalue weighted by molar-refractivity contribution is -0.136. The van der Waals surface area contributed by atoms with E-state index >= 15 is 4.39 Å². The number of alkyl halides is 2. The van der Waals surface area contributed by atoms with Gasteiger partial charge in [0.25, 0.3) is 5.92 Å². The molecule has 2 aromatic heterocycles. The van der Waals surface area contributed by atoms with Crippen molar-refractivity contribution >= 4 is 47.8 Å². The minimum absolute atomic E-state index is 0.0485. The Morgan fingerprint density at radius 3 is 2.42 bits per heavy atom. The molecule has 5 aromatic rings. The van der Waals surface area contributed by atoms with Gasteiger partial charge in [-0.1, -0.05) is 71.1 Å². The number of methoxy groups -OCH3 is 1. The highest BCUT2D eigenvalue weighted by atomic mass is 28.3. The molecule has 7 rings (SSSR count). The topological polar surface area (TPSA) is 169 Å². The molecule has 0 saturated carbocycles. The van der Waals surface area contributed by atoms with Crippen LogP contribution in [0.5, 0.6) is 0 Å². The number of alkyl carbamates (subject to hydrolysis) is 1. The summed E-state index contributed by atoms with van der Waals surface area (Å²) in [6.07, 6.45) is 0.876. The van der Waals surface area contributed by atoms with Crippen LogP contribution in [-0.4, -0.2) is 112 Å². The third kappa shape index (κ3) is 8.79. The Bertz CT molecular complexity index is 2420. The summed E-state index contributed by atoms with van der Waals surface area (Å²) in [7, 11) is -0.447. The van der Waals surface area contributed by atoms with Crippen LogP contribution in [0.4, 0.5) is 18.0 Å². The lowest BCUT2D eigenvalue weighted by Crippen LogP contribution is -2.51. The number of aliphatic hydroxyl groups excluding tert-OH is 1. The zero-order chi connectivity index (χ0) is 43.3. The third-order valence-corrected chi connectivity index (χ3v) is 14.5. The zero-order valence-corrected chi connectivity index (χ0v) is 35.9. The number of hydrogen-bond acceptors (Lipinski definition) is 8. The van der Waals surface area contributed by atoms with Crippen LogP contribution < -0.4 is 10.6 Å². The molecular weight excluding hydrogens is 794 g/mol. The second kappa shape index (κ2) is 16.7. The quantitative estimate of drug-likeness (QED) is 0.0843. The molecule has 60 heavy (non-hydrogen) atoms. The summed E-state index contributed by atoms with van der Waals surface area (Å²) in [5.74, 6) is -3.98. The number of likely N-dealkylation sites (tertiary alicyclic amines) is 1. The minimum atomic E-state index is -3.19. The van der Waals surface area contributed by atoms with Gasteiger partial charge in [-0.05, 0) is 53.2 Å². The van der Waals surface area contributed by atoms with Gasteiger partial charge in [-0.15, -0.1) is 0 Å². The molecule has 2 saturated heterocycles. The predicted molar refractivity (Wildman–Crippen MR) is 225 cm³/mol. The number of aliphatic hydroxyl groups is 1. The van der Waals surface area contributed by atoms with Crippen molar-refractivity contribution < 1.29 is 37.4 Å². The molecule has 0 unspecified atom stereocenters. The summed E-state index contributed by atoms with van der Waals surface area (Å²) in [5, 5.41) is 16.6. The fourth-order valence-corrected chi connectivity index (χ4v) is 11.7. The predicted octanol–water partition coefficient (Wildman–Crippen LogP) is 6.94. The molecule has 0 bridgehead atoms. The van der Waals surface area contributed by atoms with E-state index in [0.29, 0.717) is 28.9 Å². The number of carbonyl (C=O) groups excluding carboxylic acids is 3. The fourth-order valence-electron chi connectivity index (χ4n) is 8.65. The SMILES string of the molecule is COC(=O)N[C@H](C(=O)N1CC(F)(F)C[C@H]1c1ncc(-c2ccc(-c3ccc4c(ccc5[nH]c([C@@H]6C[Si](C)(C)CN6C[C@@H](NC(=O)CO)C(C)C)nc54)c3)c(F)c2)[nH]1)C(C)C. The second-order valence-electron chi connectivity index (χ2n) is 17.7. The Morgan fingerprint density at radius 2 is 1.73 bits per heavy atom. The van der Waals surface area contributed by atoms with Crippen LogP contribution in [0.15, 0.2) is 54.7 Å². The van der Waals surface area contributed by atoms with E-state index in [2.05, 4.69) is 62.2 Å². The van der Waals surface area contributed by atoms with Crippen LogP contribution >= 0.6 is 0 Å². The van der Waals surface area contributed by atoms with Gasteiger partial charge < -0.3 is 35.3 Å². The molecule has 3 amide bonds. The van der Waals surface area contributed by atoms with Crippen molar-refractivity contribution in [2.45, 2.75) is 83.3 Å². The van der Waals surface area contributed by atoms with E-state index in [-0.39, 0.29) is 29.7 Å². The Balaban J connectivity index is 1.12. The summed E-state index contributed by atoms with van der Waals surface area (Å²) in [4.78, 5) is 57.2. The summed E-state index contributed by atoms with van der Waals surface area (Å²) < 4.78 is 50.3. The Hall–Kier alpha value is -5.26. The largest absolute Gasteiger partial charge is 0.453 e. The van der Waals surface area contributed by atoms with E-state index < -0.39 is 69.4 Å². The fraction of sp³-hybridized carbons (Fsp3) is 0.465. The maximum absolute atomic E-state index is 16.0. The average molecular weight is 847 g/mol. The van der Waals surface area contributed by atoms with Crippen molar-refractivity contribution in [3.05, 3.63) is 72.2 Å². The molecular formula is C43H53F3N8O5Si. The van der Waals surface area contributed by atoms with E-state index in [1.807, 2.05) is 30.3 Å². The number of ether oxygens (including phenoxy) is 1. The molecule has 0 aliphatic carbocycles. The molecule has 2 aliphatic heterocycles. The van der Waals surface area contributed by atoms with Crippen molar-refractivity contribution in [3.63, 3.8) is 0 Å². The summed E-state index contributed by atoms with van der Waals surface area (Å²) >= 11 is 0. The molecule has 320 valence electrons. The van der Waals surface area contributed by atoms with Gasteiger partial charge in [-0.25, -0.2) is 27.9 Å². The number of aromatic amines is 2. The highest BCUT2D eigenvalue weighted by Gasteiger charge is 2.50. The third-order valence-electron chi connectivity index (χ3n) is 11.8. The van der Waals surface area contributed by atoms with Crippen molar-refractivity contribution in [2.24, 2.45) is 11.8 Å². The second-order valence-corrected chi connectivity index (χ2v) is 22.7. The first-order valence-electron chi connectivity index (χ1n) is 20.3. The van der Waals surface area contributed by atoms with Gasteiger partial charge in [0.15, 0.2) is 0 Å². The Kier molecular flexibility index (Phi) is 11.9. The van der Waals surface area contributed by atoms with Gasteiger partial charge in [0, 0.05) is 35.5 Å². The molecule has 13 nitrogen and oxygen atoms in total. The average Bonchev–Trinajstić information content (AvgIpc) is 3.99. The normalized spacial score (nSPS) is 20.0. The lowest BCUT2D eigenvalue weighted by atomic mass is 9.98. The van der Waals surface area contributed by atoms with E-state index in [9.17, 15) is 28.3 Å². The first-order chi connectivity index (χ1) is 28.4. The first-order valence-corrected chi connectivity index (χ1v) is 23.7. The van der Waals surface area contributed by atoms with E-state index in [1.54, 1.807) is 26.0 Å². The number of fused-ring (bicyclic) bond motifs is 3. The number of benzene rings is 3. The number of carbonyl (C=O) groups is 3. The number of halogens is 3. The van der Waals surface area contributed by atoms with Crippen LogP contribution in [0.3, 0.4) is 0 Å². The molecule has 0 spiro atoms. The molecule has 3 aromatic carbocycles. The number of aromatic nitrogens is 4. The van der Waals surface area contributed by atoms with Crippen LogP contribution in [0, 0.1) is 17.7 Å². The molecule has 17 heteroatoms. The lowest BCUT2D eigenvalue weighted by Gasteiger charge is -2.31. The number of rotatable bonds is 12. The molecule has 5 N–H and O–H groups in total. The number of nitrogens with one attached hydrogen (secondary N) is 4. The van der Waals surface area contributed by atoms with Crippen molar-refractivity contribution in [2.75, 3.05) is 33.0 Å². The Morgan fingerprint density at radius 1 is 0.983 bits per heavy atom. The summed E-state index contributed by atoms with van der Waals surface area (Å²) in [6, 6.07) is 13.2. The maximum atomic E-state index is 16.0. The molecule has 2 aliphatic rings. The zero-order valence-electron chi connectivity index (χ0n) is 34.9. The van der Waals surface area contributed by atoms with Gasteiger partial charge in [-0.3, -0.25) is 14.5 Å². The van der Waals surface area contributed by atoms with Gasteiger partial charge in [-0.2, -0.15) is 0 Å². The summed E-state index contributed by atoms with van der Waals surface area (Å²) in [6.45, 7) is 11.5. The number of imidazole rings is 2. The summed E-state index contributed by atoms with van der Waals surface area (Å²) in [5.41, 5.74) is 3.58. The molecule has 0 radical (unpaired) electrons. The standard InChI is InChI=1S/C43H53F3N8O5Si/c1-23(2)33(48-36(56)19-55)18-53-22-60(6,7)20-35(53)40-49-31-13-10-26-14-25(8-12-29(26)38(31)51-40)28-11-9-27(15-30(28)44)32-17-47-39(50-32)34-16-43(45,46)21-54(34)41(57)37(24(3)4)52-42(58)59-5/h8-15,17,23-24,33-35,37,55H,16,18-22H2,1-7H3,(H,47,50)(H,48,56)(H,49,51)(H,52,58)/t33-,34+,35+,37+/m1/s1. The first kappa shape index (κ1) is 42.8. The maximum Gasteiger partial charge on any atom is 0.407 e. The van der Waals surface area contributed by atoms with E-state index in [1.165, 1.54) is 12.3 Å². The number of amides is 3. The van der Waals surface area contributed by atoms with Gasteiger partial charge in [0.1, 0.15) is 30.1 Å². The molecule has 2 fully saturated rings. The smallest absolute Gasteiger partial charge is 0.407 e. The van der Waals surface area contributed by atoms with Crippen LogP contribution in [0.1, 0.15) is 57.8 Å². The number of nitrogens with zero attached hydrogens (tertiary/aromatic N) is 4.